The zero-order chi connectivity index (χ0) is 25.2. The average Bonchev–Trinajstić information content (AvgIpc) is 3.38. The van der Waals surface area contributed by atoms with Gasteiger partial charge in [-0.15, -0.1) is 0 Å². The topological polar surface area (TPSA) is 95.9 Å². The van der Waals surface area contributed by atoms with Crippen LogP contribution >= 0.6 is 0 Å². The van der Waals surface area contributed by atoms with Gasteiger partial charge in [0.05, 0.1) is 0 Å². The van der Waals surface area contributed by atoms with Crippen molar-refractivity contribution in [3.05, 3.63) is 59.7 Å². The lowest BCUT2D eigenvalue weighted by Gasteiger charge is -2.44. The summed E-state index contributed by atoms with van der Waals surface area (Å²) in [4.78, 5) is 40.1. The predicted octanol–water partition coefficient (Wildman–Crippen LogP) is 4.41. The molecule has 1 unspecified atom stereocenters. The third kappa shape index (κ3) is 3.68. The lowest BCUT2D eigenvalue weighted by Crippen LogP contribution is -2.62. The Kier molecular flexibility index (Phi) is 5.24. The summed E-state index contributed by atoms with van der Waals surface area (Å²) in [7, 11) is 0. The van der Waals surface area contributed by atoms with E-state index in [2.05, 4.69) is 17.4 Å². The second-order valence-electron chi connectivity index (χ2n) is 11.7. The first-order valence-corrected chi connectivity index (χ1v) is 12.1. The highest BCUT2D eigenvalue weighted by atomic mass is 16.5. The molecule has 2 amide bonds. The first-order chi connectivity index (χ1) is 16.5. The largest absolute Gasteiger partial charge is 0.479 e. The Balaban J connectivity index is 1.31. The van der Waals surface area contributed by atoms with Crippen LogP contribution in [0.2, 0.25) is 0 Å². The highest BCUT2D eigenvalue weighted by Crippen LogP contribution is 2.59. The predicted molar refractivity (Wildman–Crippen MR) is 131 cm³/mol. The summed E-state index contributed by atoms with van der Waals surface area (Å²) in [6, 6.07) is 15.3. The smallest absolute Gasteiger partial charge is 0.407 e. The molecular weight excluding hydrogens is 444 g/mol. The molecule has 4 aliphatic rings. The summed E-state index contributed by atoms with van der Waals surface area (Å²) < 4.78 is 5.67. The summed E-state index contributed by atoms with van der Waals surface area (Å²) in [5, 5.41) is 12.6. The Hall–Kier alpha value is -3.35. The molecule has 2 aromatic carbocycles. The van der Waals surface area contributed by atoms with Crippen molar-refractivity contribution in [1.82, 2.24) is 10.2 Å². The monoisotopic (exact) mass is 476 g/mol. The van der Waals surface area contributed by atoms with Gasteiger partial charge in [-0.05, 0) is 45.9 Å². The first-order valence-electron chi connectivity index (χ1n) is 12.1. The molecule has 2 N–H and O–H groups in total. The highest BCUT2D eigenvalue weighted by molar-refractivity contribution is 5.94. The minimum atomic E-state index is -1.17. The summed E-state index contributed by atoms with van der Waals surface area (Å²) in [6.45, 7) is 8.11. The minimum absolute atomic E-state index is 0.0852. The number of hydrogen-bond acceptors (Lipinski definition) is 4. The maximum absolute atomic E-state index is 13.6. The van der Waals surface area contributed by atoms with Crippen molar-refractivity contribution in [3.8, 4) is 11.1 Å². The molecule has 7 heteroatoms. The van der Waals surface area contributed by atoms with Crippen molar-refractivity contribution in [2.75, 3.05) is 13.2 Å². The normalized spacial score (nSPS) is 25.3. The fourth-order valence-corrected chi connectivity index (χ4v) is 6.31. The van der Waals surface area contributed by atoms with Gasteiger partial charge in [0.25, 0.3) is 0 Å². The van der Waals surface area contributed by atoms with E-state index in [1.54, 1.807) is 0 Å². The van der Waals surface area contributed by atoms with Crippen LogP contribution in [-0.2, 0) is 14.3 Å². The van der Waals surface area contributed by atoms with Crippen molar-refractivity contribution >= 4 is 18.0 Å². The fraction of sp³-hybridized carbons (Fsp3) is 0.464. The van der Waals surface area contributed by atoms with Gasteiger partial charge in [-0.2, -0.15) is 0 Å². The zero-order valence-corrected chi connectivity index (χ0v) is 20.6. The number of nitrogens with one attached hydrogen (secondary N) is 1. The van der Waals surface area contributed by atoms with Gasteiger partial charge in [-0.3, -0.25) is 4.79 Å². The third-order valence-electron chi connectivity index (χ3n) is 7.88. The van der Waals surface area contributed by atoms with Crippen molar-refractivity contribution in [2.45, 2.75) is 58.0 Å². The van der Waals surface area contributed by atoms with Gasteiger partial charge in [-0.25, -0.2) is 9.59 Å². The van der Waals surface area contributed by atoms with Crippen LogP contribution < -0.4 is 5.32 Å². The van der Waals surface area contributed by atoms with E-state index in [0.717, 1.165) is 22.3 Å². The van der Waals surface area contributed by atoms with Crippen molar-refractivity contribution < 1.29 is 24.2 Å². The minimum Gasteiger partial charge on any atom is -0.479 e. The van der Waals surface area contributed by atoms with Crippen molar-refractivity contribution in [1.29, 1.82) is 0 Å². The van der Waals surface area contributed by atoms with Gasteiger partial charge in [0.1, 0.15) is 18.2 Å². The van der Waals surface area contributed by atoms with Crippen LogP contribution in [-0.4, -0.2) is 52.7 Å². The molecule has 7 nitrogen and oxygen atoms in total. The van der Waals surface area contributed by atoms with E-state index in [-0.39, 0.29) is 23.8 Å². The van der Waals surface area contributed by atoms with Gasteiger partial charge >= 0.3 is 12.1 Å². The number of benzene rings is 2. The molecule has 184 valence electrons. The molecule has 2 saturated heterocycles. The molecular formula is C28H32N2O5. The number of aliphatic carboxylic acids is 1. The number of alkyl carbamates (subject to hydrolysis) is 1. The van der Waals surface area contributed by atoms with Gasteiger partial charge in [-0.1, -0.05) is 76.2 Å². The molecule has 6 rings (SSSR count). The number of nitrogens with zero attached hydrogens (tertiary/aromatic N) is 1. The van der Waals surface area contributed by atoms with Crippen LogP contribution in [0.5, 0.6) is 0 Å². The number of carbonyl (C=O) groups excluding carboxylic acids is 2. The molecule has 0 spiro atoms. The van der Waals surface area contributed by atoms with Crippen LogP contribution in [0.15, 0.2) is 48.5 Å². The van der Waals surface area contributed by atoms with Crippen LogP contribution in [0.25, 0.3) is 11.1 Å². The van der Waals surface area contributed by atoms with Crippen molar-refractivity contribution in [3.63, 3.8) is 0 Å². The van der Waals surface area contributed by atoms with E-state index in [4.69, 9.17) is 4.74 Å². The van der Waals surface area contributed by atoms with Crippen LogP contribution in [0.1, 0.15) is 57.6 Å². The summed E-state index contributed by atoms with van der Waals surface area (Å²) in [6.07, 6.45) is 0.216. The zero-order valence-electron chi connectivity index (χ0n) is 20.6. The molecule has 2 aromatic rings. The third-order valence-corrected chi connectivity index (χ3v) is 7.88. The number of fused-ring (bicyclic) bond motifs is 4. The van der Waals surface area contributed by atoms with Crippen LogP contribution in [0, 0.1) is 10.8 Å². The van der Waals surface area contributed by atoms with Crippen LogP contribution in [0.4, 0.5) is 4.79 Å². The molecule has 2 heterocycles. The number of carboxylic acid groups (broad SMARTS) is 1. The molecule has 2 bridgehead atoms. The quantitative estimate of drug-likeness (QED) is 0.667. The lowest BCUT2D eigenvalue weighted by atomic mass is 9.63. The van der Waals surface area contributed by atoms with Gasteiger partial charge < -0.3 is 20.1 Å². The maximum Gasteiger partial charge on any atom is 0.407 e. The Morgan fingerprint density at radius 3 is 2.11 bits per heavy atom. The Morgan fingerprint density at radius 2 is 1.60 bits per heavy atom. The molecule has 0 radical (unpaired) electrons. The highest BCUT2D eigenvalue weighted by Gasteiger charge is 2.69. The first kappa shape index (κ1) is 23.4. The molecule has 35 heavy (non-hydrogen) atoms. The average molecular weight is 477 g/mol. The van der Waals surface area contributed by atoms with Gasteiger partial charge in [0, 0.05) is 12.5 Å². The number of rotatable bonds is 5. The number of ether oxygens (including phenoxy) is 1. The van der Waals surface area contributed by atoms with Gasteiger partial charge in [0.15, 0.2) is 0 Å². The second-order valence-corrected chi connectivity index (χ2v) is 11.7. The maximum atomic E-state index is 13.6. The Labute approximate surface area is 205 Å². The Bertz CT molecular complexity index is 1160. The molecule has 1 atom stereocenters. The number of carbonyl (C=O) groups is 3. The second kappa shape index (κ2) is 7.83. The number of amides is 2. The molecule has 2 aliphatic heterocycles. The number of hydrogen-bond donors (Lipinski definition) is 2. The lowest BCUT2D eigenvalue weighted by molar-refractivity contribution is -0.161. The summed E-state index contributed by atoms with van der Waals surface area (Å²) in [5.41, 5.74) is 2.52. The Morgan fingerprint density at radius 1 is 1.06 bits per heavy atom. The van der Waals surface area contributed by atoms with E-state index < -0.39 is 29.1 Å². The molecule has 1 saturated carbocycles. The van der Waals surface area contributed by atoms with E-state index in [9.17, 15) is 19.5 Å². The van der Waals surface area contributed by atoms with Crippen LogP contribution in [0.3, 0.4) is 0 Å². The summed E-state index contributed by atoms with van der Waals surface area (Å²) >= 11 is 0. The van der Waals surface area contributed by atoms with Gasteiger partial charge in [0.2, 0.25) is 5.91 Å². The van der Waals surface area contributed by atoms with E-state index >= 15 is 0 Å². The number of carboxylic acids is 1. The molecule has 0 aromatic heterocycles. The molecule has 3 fully saturated rings. The SMILES string of the molecule is CC12CN(C(=O)C(NC(=O)OCC3c4ccccc4-c4ccccc43)C(C)(C)C)C(C(=O)O)(C1)C2. The van der Waals surface area contributed by atoms with E-state index in [1.807, 2.05) is 64.1 Å². The van der Waals surface area contributed by atoms with E-state index in [0.29, 0.717) is 19.4 Å². The van der Waals surface area contributed by atoms with Crippen molar-refractivity contribution in [2.24, 2.45) is 10.8 Å². The molecule has 2 aliphatic carbocycles. The standard InChI is InChI=1S/C28H32N2O5/c1-26(2,3)22(23(31)30-16-27(4)14-28(30,15-27)24(32)33)29-25(34)35-13-21-19-11-7-5-9-17(19)18-10-6-8-12-20(18)21/h5-12,21-22H,13-16H2,1-4H3,(H,29,34)(H,32,33). The van der Waals surface area contributed by atoms with E-state index in [1.165, 1.54) is 4.90 Å². The summed E-state index contributed by atoms with van der Waals surface area (Å²) in [5.74, 6) is -1.43. The fourth-order valence-electron chi connectivity index (χ4n) is 6.31.